The molecule has 0 aliphatic rings. The Kier molecular flexibility index (Phi) is 8.49. The average Bonchev–Trinajstić information content (AvgIpc) is 2.76. The highest BCUT2D eigenvalue weighted by Gasteiger charge is 2.37. The van der Waals surface area contributed by atoms with E-state index >= 15 is 0 Å². The van der Waals surface area contributed by atoms with E-state index in [0.29, 0.717) is 13.4 Å². The Morgan fingerprint density at radius 1 is 1.11 bits per heavy atom. The number of nitrogens with two attached hydrogens (primary N) is 1. The molecule has 9 nitrogen and oxygen atoms in total. The molecule has 0 aliphatic carbocycles. The lowest BCUT2D eigenvalue weighted by Crippen LogP contribution is -2.53. The van der Waals surface area contributed by atoms with E-state index < -0.39 is 33.5 Å². The van der Waals surface area contributed by atoms with Gasteiger partial charge in [-0.3, -0.25) is 0 Å². The lowest BCUT2D eigenvalue weighted by molar-refractivity contribution is 0.145. The number of carboxylic acid groups (broad SMARTS) is 1. The van der Waals surface area contributed by atoms with Crippen molar-refractivity contribution in [2.45, 2.75) is 32.9 Å². The van der Waals surface area contributed by atoms with Gasteiger partial charge in [0.1, 0.15) is 17.4 Å². The smallest absolute Gasteiger partial charge is 0.422 e. The van der Waals surface area contributed by atoms with Crippen LogP contribution in [-0.4, -0.2) is 29.5 Å². The van der Waals surface area contributed by atoms with Crippen molar-refractivity contribution in [3.8, 4) is 11.5 Å². The number of amides is 1. The Balaban J connectivity index is 1.80. The van der Waals surface area contributed by atoms with Gasteiger partial charge in [0.2, 0.25) is 0 Å². The highest BCUT2D eigenvalue weighted by Crippen LogP contribution is 2.36. The van der Waals surface area contributed by atoms with Crippen molar-refractivity contribution in [2.24, 2.45) is 0 Å². The summed E-state index contributed by atoms with van der Waals surface area (Å²) < 4.78 is 62.8. The third-order valence-electron chi connectivity index (χ3n) is 4.92. The number of hydrogen-bond acceptors (Lipinski definition) is 6. The van der Waals surface area contributed by atoms with Gasteiger partial charge < -0.3 is 20.9 Å². The van der Waals surface area contributed by atoms with Gasteiger partial charge in [0.05, 0.1) is 22.6 Å². The van der Waals surface area contributed by atoms with E-state index in [0.717, 1.165) is 12.1 Å². The van der Waals surface area contributed by atoms with Crippen LogP contribution >= 0.6 is 22.6 Å². The van der Waals surface area contributed by atoms with Crippen LogP contribution in [0.25, 0.3) is 0 Å². The zero-order valence-corrected chi connectivity index (χ0v) is 23.0. The van der Waals surface area contributed by atoms with Crippen molar-refractivity contribution < 1.29 is 31.8 Å². The number of hydrogen-bond donors (Lipinski definition) is 4. The molecule has 0 radical (unpaired) electrons. The largest absolute Gasteiger partial charge is 0.464 e. The summed E-state index contributed by atoms with van der Waals surface area (Å²) in [6, 6.07) is 12.9. The van der Waals surface area contributed by atoms with Crippen LogP contribution in [0.2, 0.25) is 0 Å². The van der Waals surface area contributed by atoms with Crippen LogP contribution in [0.1, 0.15) is 26.3 Å². The van der Waals surface area contributed by atoms with Crippen LogP contribution in [-0.2, 0) is 16.8 Å². The Labute approximate surface area is 226 Å². The van der Waals surface area contributed by atoms with Crippen LogP contribution < -0.4 is 20.5 Å². The van der Waals surface area contributed by atoms with Gasteiger partial charge in [0, 0.05) is 16.2 Å². The second kappa shape index (κ2) is 11.1. The Morgan fingerprint density at radius 2 is 1.81 bits per heavy atom. The lowest BCUT2D eigenvalue weighted by atomic mass is 10.1. The molecule has 0 aliphatic heterocycles. The number of carbonyl (C=O) groups is 1. The number of nitrogens with one attached hydrogen (secondary N) is 2. The number of nitrogens with zero attached hydrogens (tertiary/aromatic N) is 1. The topological polar surface area (TPSA) is 134 Å². The van der Waals surface area contributed by atoms with Crippen LogP contribution in [0.3, 0.4) is 0 Å². The molecule has 0 spiro atoms. The summed E-state index contributed by atoms with van der Waals surface area (Å²) in [4.78, 5) is 11.5. The monoisotopic (exact) mass is 646 g/mol. The molecule has 5 N–H and O–H groups in total. The molecule has 37 heavy (non-hydrogen) atoms. The SMILES string of the molecule is CC(C)(C)N(C(=O)O)S(=O)(=O)NCc1cccc(Oc2cc(F)cc(Nc3ccc(I)cc3F)c2N)c1. The molecule has 1 amide bonds. The predicted octanol–water partition coefficient (Wildman–Crippen LogP) is 5.80. The molecule has 0 aromatic heterocycles. The maximum atomic E-state index is 14.3. The maximum Gasteiger partial charge on any atom is 0.422 e. The van der Waals surface area contributed by atoms with E-state index in [-0.39, 0.29) is 35.1 Å². The minimum atomic E-state index is -4.37. The number of benzene rings is 3. The van der Waals surface area contributed by atoms with Crippen LogP contribution in [0.5, 0.6) is 11.5 Å². The minimum absolute atomic E-state index is 0.0210. The van der Waals surface area contributed by atoms with E-state index in [4.69, 9.17) is 10.5 Å². The standard InChI is InChI=1S/C24H25F2IN4O5S/c1-24(2,3)31(23(32)33)37(34,35)29-13-14-5-4-6-17(9-14)36-21-11-15(25)10-20(22(21)28)30-19-8-7-16(27)12-18(19)26/h4-12,29-30H,13,28H2,1-3H3,(H,32,33). The van der Waals surface area contributed by atoms with E-state index in [1.807, 2.05) is 22.6 Å². The second-order valence-electron chi connectivity index (χ2n) is 8.91. The highest BCUT2D eigenvalue weighted by atomic mass is 127. The fourth-order valence-corrected chi connectivity index (χ4v) is 5.21. The lowest BCUT2D eigenvalue weighted by Gasteiger charge is -2.31. The Hall–Kier alpha value is -3.17. The molecule has 3 rings (SSSR count). The Bertz CT molecular complexity index is 1430. The van der Waals surface area contributed by atoms with Gasteiger partial charge >= 0.3 is 16.3 Å². The Morgan fingerprint density at radius 3 is 2.43 bits per heavy atom. The molecule has 0 bridgehead atoms. The first-order chi connectivity index (χ1) is 17.2. The third kappa shape index (κ3) is 7.20. The molecule has 0 fully saturated rings. The van der Waals surface area contributed by atoms with Gasteiger partial charge in [-0.15, -0.1) is 0 Å². The molecule has 3 aromatic carbocycles. The van der Waals surface area contributed by atoms with Crippen molar-refractivity contribution >= 4 is 56.0 Å². The van der Waals surface area contributed by atoms with Gasteiger partial charge in [-0.05, 0) is 85.3 Å². The van der Waals surface area contributed by atoms with Crippen molar-refractivity contribution in [1.82, 2.24) is 9.03 Å². The summed E-state index contributed by atoms with van der Waals surface area (Å²) in [5.74, 6) is -1.05. The summed E-state index contributed by atoms with van der Waals surface area (Å²) in [6.07, 6.45) is -1.62. The van der Waals surface area contributed by atoms with E-state index in [9.17, 15) is 27.1 Å². The van der Waals surface area contributed by atoms with Crippen molar-refractivity contribution in [1.29, 1.82) is 0 Å². The molecule has 0 atom stereocenters. The van der Waals surface area contributed by atoms with Crippen LogP contribution in [0.4, 0.5) is 30.6 Å². The average molecular weight is 646 g/mol. The molecular weight excluding hydrogens is 621 g/mol. The predicted molar refractivity (Wildman–Crippen MR) is 145 cm³/mol. The second-order valence-corrected chi connectivity index (χ2v) is 11.8. The molecule has 3 aromatic rings. The quantitative estimate of drug-likeness (QED) is 0.180. The van der Waals surface area contributed by atoms with Gasteiger partial charge in [0.15, 0.2) is 5.75 Å². The van der Waals surface area contributed by atoms with Gasteiger partial charge in [0.25, 0.3) is 0 Å². The summed E-state index contributed by atoms with van der Waals surface area (Å²) in [5, 5.41) is 12.1. The zero-order chi connectivity index (χ0) is 27.5. The van der Waals surface area contributed by atoms with Crippen LogP contribution in [0.15, 0.2) is 54.6 Å². The van der Waals surface area contributed by atoms with E-state index in [1.54, 1.807) is 24.3 Å². The molecule has 13 heteroatoms. The maximum absolute atomic E-state index is 14.3. The number of nitrogen functional groups attached to an aromatic ring is 1. The van der Waals surface area contributed by atoms with Gasteiger partial charge in [-0.25, -0.2) is 13.6 Å². The van der Waals surface area contributed by atoms with E-state index in [2.05, 4.69) is 10.0 Å². The summed E-state index contributed by atoms with van der Waals surface area (Å²) in [6.45, 7) is 4.12. The van der Waals surface area contributed by atoms with Gasteiger partial charge in [-0.1, -0.05) is 12.1 Å². The van der Waals surface area contributed by atoms with Crippen molar-refractivity contribution in [3.63, 3.8) is 0 Å². The highest BCUT2D eigenvalue weighted by molar-refractivity contribution is 14.1. The number of anilines is 3. The van der Waals surface area contributed by atoms with Crippen molar-refractivity contribution in [3.05, 3.63) is 75.4 Å². The zero-order valence-electron chi connectivity index (χ0n) is 20.1. The first kappa shape index (κ1) is 28.4. The first-order valence-electron chi connectivity index (χ1n) is 10.8. The fourth-order valence-electron chi connectivity index (χ4n) is 3.35. The molecule has 0 saturated heterocycles. The number of ether oxygens (including phenoxy) is 1. The van der Waals surface area contributed by atoms with Gasteiger partial charge in [-0.2, -0.15) is 17.4 Å². The number of rotatable bonds is 8. The number of halogens is 3. The third-order valence-corrected chi connectivity index (χ3v) is 7.28. The normalized spacial score (nSPS) is 11.7. The summed E-state index contributed by atoms with van der Waals surface area (Å²) >= 11 is 1.97. The first-order valence-corrected chi connectivity index (χ1v) is 13.3. The molecular formula is C24H25F2IN4O5S. The molecule has 0 heterocycles. The summed E-state index contributed by atoms with van der Waals surface area (Å²) in [5.41, 5.74) is 5.60. The molecule has 198 valence electrons. The molecule has 0 saturated carbocycles. The van der Waals surface area contributed by atoms with Crippen molar-refractivity contribution in [2.75, 3.05) is 11.1 Å². The fraction of sp³-hybridized carbons (Fsp3) is 0.208. The van der Waals surface area contributed by atoms with E-state index in [1.165, 1.54) is 39.0 Å². The van der Waals surface area contributed by atoms with Crippen LogP contribution in [0, 0.1) is 15.2 Å². The summed E-state index contributed by atoms with van der Waals surface area (Å²) in [7, 11) is -4.37. The molecule has 0 unspecified atom stereocenters. The minimum Gasteiger partial charge on any atom is -0.464 e.